The van der Waals surface area contributed by atoms with E-state index in [4.69, 9.17) is 11.1 Å². The van der Waals surface area contributed by atoms with Gasteiger partial charge in [0.05, 0.1) is 5.75 Å². The van der Waals surface area contributed by atoms with Gasteiger partial charge in [0.25, 0.3) is 0 Å². The predicted molar refractivity (Wildman–Crippen MR) is 63.5 cm³/mol. The molecular formula is C8H12N4O2S2. The highest BCUT2D eigenvalue weighted by Gasteiger charge is 2.09. The number of aromatic nitrogens is 2. The first-order valence-corrected chi connectivity index (χ1v) is 7.40. The Morgan fingerprint density at radius 1 is 1.50 bits per heavy atom. The van der Waals surface area contributed by atoms with Crippen LogP contribution in [0.5, 0.6) is 0 Å². The van der Waals surface area contributed by atoms with E-state index in [9.17, 15) is 8.42 Å². The van der Waals surface area contributed by atoms with Gasteiger partial charge in [0.15, 0.2) is 0 Å². The third-order valence-corrected chi connectivity index (χ3v) is 3.80. The second-order valence-corrected chi connectivity index (χ2v) is 6.45. The molecule has 1 heterocycles. The number of hydrogen-bond acceptors (Lipinski definition) is 6. The molecule has 1 rings (SSSR count). The zero-order valence-electron chi connectivity index (χ0n) is 8.67. The third kappa shape index (κ3) is 4.15. The molecule has 16 heavy (non-hydrogen) atoms. The summed E-state index contributed by atoms with van der Waals surface area (Å²) in [6, 6.07) is 0. The molecule has 0 atom stereocenters. The number of thioether (sulfide) groups is 1. The number of nitrogens with two attached hydrogens (primary N) is 1. The van der Waals surface area contributed by atoms with Crippen LogP contribution in [-0.2, 0) is 9.84 Å². The normalized spacial score (nSPS) is 11.3. The molecule has 0 aromatic carbocycles. The van der Waals surface area contributed by atoms with E-state index in [-0.39, 0.29) is 11.6 Å². The quantitative estimate of drug-likeness (QED) is 0.434. The third-order valence-electron chi connectivity index (χ3n) is 1.61. The topological polar surface area (TPSA) is 110 Å². The highest BCUT2D eigenvalue weighted by Crippen LogP contribution is 2.17. The molecule has 0 saturated heterocycles. The first-order valence-electron chi connectivity index (χ1n) is 4.36. The van der Waals surface area contributed by atoms with E-state index >= 15 is 0 Å². The fraction of sp³-hybridized carbons (Fsp3) is 0.375. The lowest BCUT2D eigenvalue weighted by Gasteiger charge is -2.04. The fourth-order valence-corrected chi connectivity index (χ4v) is 3.08. The van der Waals surface area contributed by atoms with E-state index in [0.29, 0.717) is 16.5 Å². The van der Waals surface area contributed by atoms with Gasteiger partial charge in [-0.25, -0.2) is 18.4 Å². The summed E-state index contributed by atoms with van der Waals surface area (Å²) >= 11 is 1.23. The summed E-state index contributed by atoms with van der Waals surface area (Å²) in [4.78, 5) is 7.92. The first kappa shape index (κ1) is 12.9. The molecule has 0 saturated carbocycles. The van der Waals surface area contributed by atoms with Crippen LogP contribution in [0.2, 0.25) is 0 Å². The molecule has 3 N–H and O–H groups in total. The van der Waals surface area contributed by atoms with Gasteiger partial charge in [-0.2, -0.15) is 0 Å². The van der Waals surface area contributed by atoms with Crippen LogP contribution in [0.25, 0.3) is 0 Å². The number of nitrogen functional groups attached to an aromatic ring is 1. The van der Waals surface area contributed by atoms with Crippen LogP contribution in [0, 0.1) is 5.41 Å². The van der Waals surface area contributed by atoms with E-state index in [1.165, 1.54) is 30.4 Å². The van der Waals surface area contributed by atoms with Crippen molar-refractivity contribution in [1.82, 2.24) is 9.97 Å². The molecule has 0 aliphatic heterocycles. The van der Waals surface area contributed by atoms with Gasteiger partial charge in [-0.05, 0) is 0 Å². The predicted octanol–water partition coefficient (Wildman–Crippen LogP) is -0.103. The Labute approximate surface area is 98.1 Å². The minimum Gasteiger partial charge on any atom is -0.382 e. The van der Waals surface area contributed by atoms with Crippen LogP contribution in [0.15, 0.2) is 17.4 Å². The van der Waals surface area contributed by atoms with E-state index in [2.05, 4.69) is 9.97 Å². The number of nitrogens with one attached hydrogen (secondary N) is 1. The lowest BCUT2D eigenvalue weighted by Crippen LogP contribution is -2.15. The smallest absolute Gasteiger partial charge is 0.148 e. The van der Waals surface area contributed by atoms with Crippen LogP contribution in [0.4, 0.5) is 0 Å². The van der Waals surface area contributed by atoms with Crippen LogP contribution in [0.1, 0.15) is 5.69 Å². The van der Waals surface area contributed by atoms with Crippen LogP contribution < -0.4 is 5.73 Å². The molecule has 0 fully saturated rings. The van der Waals surface area contributed by atoms with Crippen LogP contribution in [-0.4, -0.2) is 42.0 Å². The maximum Gasteiger partial charge on any atom is 0.148 e. The second-order valence-electron chi connectivity index (χ2n) is 3.10. The van der Waals surface area contributed by atoms with Crippen molar-refractivity contribution >= 4 is 27.4 Å². The Bertz CT molecular complexity index is 487. The second kappa shape index (κ2) is 5.26. The molecule has 0 bridgehead atoms. The highest BCUT2D eigenvalue weighted by molar-refractivity contribution is 8.00. The molecule has 0 aliphatic rings. The summed E-state index contributed by atoms with van der Waals surface area (Å²) in [5.41, 5.74) is 5.61. The molecule has 6 nitrogen and oxygen atoms in total. The zero-order valence-corrected chi connectivity index (χ0v) is 10.3. The Kier molecular flexibility index (Phi) is 4.25. The minimum atomic E-state index is -2.98. The first-order chi connectivity index (χ1) is 7.40. The molecule has 1 aromatic rings. The largest absolute Gasteiger partial charge is 0.382 e. The highest BCUT2D eigenvalue weighted by atomic mass is 32.2. The summed E-state index contributed by atoms with van der Waals surface area (Å²) in [5.74, 6) is 0.263. The van der Waals surface area contributed by atoms with Gasteiger partial charge in [-0.15, -0.1) is 11.8 Å². The van der Waals surface area contributed by atoms with Crippen molar-refractivity contribution in [3.8, 4) is 0 Å². The number of amidine groups is 1. The molecule has 8 heteroatoms. The van der Waals surface area contributed by atoms with Crippen molar-refractivity contribution in [3.05, 3.63) is 18.1 Å². The van der Waals surface area contributed by atoms with Crippen molar-refractivity contribution in [1.29, 1.82) is 5.41 Å². The summed E-state index contributed by atoms with van der Waals surface area (Å²) in [5, 5.41) is 7.76. The van der Waals surface area contributed by atoms with Crippen LogP contribution >= 0.6 is 11.8 Å². The van der Waals surface area contributed by atoms with Gasteiger partial charge < -0.3 is 5.73 Å². The molecule has 1 aromatic heterocycles. The summed E-state index contributed by atoms with van der Waals surface area (Å²) in [6.45, 7) is 0. The van der Waals surface area contributed by atoms with Gasteiger partial charge in [-0.1, -0.05) is 0 Å². The fourth-order valence-electron chi connectivity index (χ4n) is 0.905. The summed E-state index contributed by atoms with van der Waals surface area (Å²) < 4.78 is 21.8. The SMILES string of the molecule is CS(=O)(=O)CCSc1nccnc1C(=N)N. The molecule has 0 amide bonds. The summed E-state index contributed by atoms with van der Waals surface area (Å²) in [7, 11) is -2.98. The van der Waals surface area contributed by atoms with Gasteiger partial charge >= 0.3 is 0 Å². The average molecular weight is 260 g/mol. The van der Waals surface area contributed by atoms with Gasteiger partial charge in [0.2, 0.25) is 0 Å². The van der Waals surface area contributed by atoms with E-state index in [0.717, 1.165) is 0 Å². The Balaban J connectivity index is 2.71. The minimum absolute atomic E-state index is 0.0611. The molecular weight excluding hydrogens is 248 g/mol. The monoisotopic (exact) mass is 260 g/mol. The number of nitrogens with zero attached hydrogens (tertiary/aromatic N) is 2. The molecule has 0 unspecified atom stereocenters. The lowest BCUT2D eigenvalue weighted by atomic mass is 10.4. The lowest BCUT2D eigenvalue weighted by molar-refractivity contribution is 0.603. The van der Waals surface area contributed by atoms with Gasteiger partial charge in [0, 0.05) is 24.4 Å². The number of rotatable bonds is 5. The Morgan fingerprint density at radius 3 is 2.69 bits per heavy atom. The molecule has 0 spiro atoms. The Morgan fingerprint density at radius 2 is 2.12 bits per heavy atom. The van der Waals surface area contributed by atoms with Crippen molar-refractivity contribution in [2.45, 2.75) is 5.03 Å². The standard InChI is InChI=1S/C8H12N4O2S2/c1-16(13,14)5-4-15-8-6(7(9)10)11-2-3-12-8/h2-3H,4-5H2,1H3,(H3,9,10). The average Bonchev–Trinajstić information content (AvgIpc) is 2.16. The van der Waals surface area contributed by atoms with Crippen LogP contribution in [0.3, 0.4) is 0 Å². The van der Waals surface area contributed by atoms with Gasteiger partial charge in [-0.3, -0.25) is 5.41 Å². The van der Waals surface area contributed by atoms with Crippen molar-refractivity contribution in [2.24, 2.45) is 5.73 Å². The van der Waals surface area contributed by atoms with Crippen molar-refractivity contribution in [3.63, 3.8) is 0 Å². The molecule has 88 valence electrons. The molecule has 0 aliphatic carbocycles. The maximum atomic E-state index is 10.9. The zero-order chi connectivity index (χ0) is 12.2. The maximum absolute atomic E-state index is 10.9. The van der Waals surface area contributed by atoms with E-state index in [1.54, 1.807) is 0 Å². The van der Waals surface area contributed by atoms with Crippen molar-refractivity contribution in [2.75, 3.05) is 17.8 Å². The van der Waals surface area contributed by atoms with E-state index < -0.39 is 9.84 Å². The van der Waals surface area contributed by atoms with Crippen molar-refractivity contribution < 1.29 is 8.42 Å². The van der Waals surface area contributed by atoms with Gasteiger partial charge in [0.1, 0.15) is 26.4 Å². The Hall–Kier alpha value is -1.15. The number of hydrogen-bond donors (Lipinski definition) is 2. The number of sulfone groups is 1. The summed E-state index contributed by atoms with van der Waals surface area (Å²) in [6.07, 6.45) is 4.10. The van der Waals surface area contributed by atoms with E-state index in [1.807, 2.05) is 0 Å². The molecule has 0 radical (unpaired) electrons.